The van der Waals surface area contributed by atoms with Crippen molar-refractivity contribution >= 4 is 17.8 Å². The van der Waals surface area contributed by atoms with Gasteiger partial charge in [0.25, 0.3) is 0 Å². The van der Waals surface area contributed by atoms with E-state index in [9.17, 15) is 14.4 Å². The number of hydrogen-bond acceptors (Lipinski definition) is 4. The Labute approximate surface area is 110 Å². The quantitative estimate of drug-likeness (QED) is 0.838. The second-order valence-electron chi connectivity index (χ2n) is 4.95. The lowest BCUT2D eigenvalue weighted by molar-refractivity contribution is -0.145. The summed E-state index contributed by atoms with van der Waals surface area (Å²) in [6.45, 7) is 5.36. The van der Waals surface area contributed by atoms with Crippen LogP contribution in [0.4, 0.5) is 4.79 Å². The van der Waals surface area contributed by atoms with E-state index in [-0.39, 0.29) is 12.5 Å². The Bertz CT molecular complexity index is 533. The van der Waals surface area contributed by atoms with E-state index in [1.54, 1.807) is 32.9 Å². The van der Waals surface area contributed by atoms with Gasteiger partial charge in [-0.3, -0.25) is 19.8 Å². The highest BCUT2D eigenvalue weighted by Crippen LogP contribution is 2.21. The molecule has 19 heavy (non-hydrogen) atoms. The summed E-state index contributed by atoms with van der Waals surface area (Å²) in [5, 5.41) is 2.20. The predicted molar refractivity (Wildman–Crippen MR) is 65.9 cm³/mol. The molecule has 2 rings (SSSR count). The summed E-state index contributed by atoms with van der Waals surface area (Å²) < 4.78 is 5.35. The molecule has 0 saturated carbocycles. The van der Waals surface area contributed by atoms with Crippen molar-refractivity contribution in [2.45, 2.75) is 27.3 Å². The molecule has 1 atom stereocenters. The minimum Gasteiger partial charge on any atom is -0.464 e. The zero-order valence-corrected chi connectivity index (χ0v) is 11.1. The normalized spacial score (nSPS) is 20.1. The molecular weight excluding hydrogens is 248 g/mol. The number of rotatable bonds is 3. The lowest BCUT2D eigenvalue weighted by atomic mass is 9.92. The largest absolute Gasteiger partial charge is 0.464 e. The molecule has 0 aromatic carbocycles. The van der Waals surface area contributed by atoms with Crippen LogP contribution in [0.15, 0.2) is 16.5 Å². The molecule has 0 radical (unpaired) electrons. The first-order chi connectivity index (χ1) is 8.90. The van der Waals surface area contributed by atoms with E-state index in [4.69, 9.17) is 4.42 Å². The summed E-state index contributed by atoms with van der Waals surface area (Å²) in [5.74, 6) is -0.779. The molecule has 6 heteroatoms. The van der Waals surface area contributed by atoms with Crippen molar-refractivity contribution in [1.29, 1.82) is 0 Å². The number of nitrogens with zero attached hydrogens (tertiary/aromatic N) is 1. The lowest BCUT2D eigenvalue weighted by Crippen LogP contribution is -2.58. The number of aryl methyl sites for hydroxylation is 1. The SMILES string of the molecule is Cc1ccc(CN2C(=O)NC(=O)C(C(C)C)C2=O)o1. The Hall–Kier alpha value is -2.11. The molecule has 0 bridgehead atoms. The van der Waals surface area contributed by atoms with Crippen LogP contribution in [0.5, 0.6) is 0 Å². The molecule has 2 heterocycles. The van der Waals surface area contributed by atoms with Crippen molar-refractivity contribution in [3.05, 3.63) is 23.7 Å². The minimum atomic E-state index is -0.825. The molecule has 1 N–H and O–H groups in total. The van der Waals surface area contributed by atoms with Crippen LogP contribution in [0.25, 0.3) is 0 Å². The lowest BCUT2D eigenvalue weighted by Gasteiger charge is -2.31. The Morgan fingerprint density at radius 2 is 2.00 bits per heavy atom. The monoisotopic (exact) mass is 264 g/mol. The number of carbonyl (C=O) groups is 3. The Balaban J connectivity index is 2.21. The third kappa shape index (κ3) is 2.52. The first kappa shape index (κ1) is 13.3. The molecule has 6 nitrogen and oxygen atoms in total. The fourth-order valence-electron chi connectivity index (χ4n) is 2.09. The highest BCUT2D eigenvalue weighted by molar-refractivity contribution is 6.16. The van der Waals surface area contributed by atoms with Gasteiger partial charge in [-0.25, -0.2) is 4.79 Å². The Morgan fingerprint density at radius 1 is 1.32 bits per heavy atom. The maximum absolute atomic E-state index is 12.2. The molecule has 1 aliphatic rings. The molecule has 1 aliphatic heterocycles. The molecule has 0 spiro atoms. The highest BCUT2D eigenvalue weighted by atomic mass is 16.3. The van der Waals surface area contributed by atoms with Gasteiger partial charge in [0, 0.05) is 0 Å². The summed E-state index contributed by atoms with van der Waals surface area (Å²) in [6, 6.07) is 2.77. The number of nitrogens with one attached hydrogen (secondary N) is 1. The van der Waals surface area contributed by atoms with E-state index >= 15 is 0 Å². The van der Waals surface area contributed by atoms with Crippen LogP contribution in [-0.4, -0.2) is 22.7 Å². The summed E-state index contributed by atoms with van der Waals surface area (Å²) in [5.41, 5.74) is 0. The van der Waals surface area contributed by atoms with Crippen molar-refractivity contribution in [1.82, 2.24) is 10.2 Å². The van der Waals surface area contributed by atoms with Gasteiger partial charge in [0.15, 0.2) is 0 Å². The molecule has 1 aromatic rings. The first-order valence-corrected chi connectivity index (χ1v) is 6.11. The van der Waals surface area contributed by atoms with E-state index < -0.39 is 23.8 Å². The van der Waals surface area contributed by atoms with Crippen molar-refractivity contribution in [2.75, 3.05) is 0 Å². The number of furan rings is 1. The maximum Gasteiger partial charge on any atom is 0.331 e. The number of amides is 4. The van der Waals surface area contributed by atoms with Crippen LogP contribution in [0.2, 0.25) is 0 Å². The Morgan fingerprint density at radius 3 is 2.53 bits per heavy atom. The van der Waals surface area contributed by atoms with E-state index in [0.717, 1.165) is 4.90 Å². The second kappa shape index (κ2) is 4.87. The van der Waals surface area contributed by atoms with Gasteiger partial charge < -0.3 is 4.42 Å². The summed E-state index contributed by atoms with van der Waals surface area (Å²) in [7, 11) is 0. The first-order valence-electron chi connectivity index (χ1n) is 6.11. The number of barbiturate groups is 1. The average molecular weight is 264 g/mol. The second-order valence-corrected chi connectivity index (χ2v) is 4.95. The highest BCUT2D eigenvalue weighted by Gasteiger charge is 2.42. The van der Waals surface area contributed by atoms with Gasteiger partial charge in [0.05, 0.1) is 6.54 Å². The van der Waals surface area contributed by atoms with Crippen molar-refractivity contribution < 1.29 is 18.8 Å². The van der Waals surface area contributed by atoms with Gasteiger partial charge >= 0.3 is 6.03 Å². The fourth-order valence-corrected chi connectivity index (χ4v) is 2.09. The van der Waals surface area contributed by atoms with Crippen LogP contribution in [0.1, 0.15) is 25.4 Å². The maximum atomic E-state index is 12.2. The molecule has 0 aliphatic carbocycles. The number of imide groups is 2. The zero-order chi connectivity index (χ0) is 14.2. The van der Waals surface area contributed by atoms with Crippen molar-refractivity contribution in [3.8, 4) is 0 Å². The van der Waals surface area contributed by atoms with E-state index in [1.165, 1.54) is 0 Å². The van der Waals surface area contributed by atoms with Crippen LogP contribution >= 0.6 is 0 Å². The number of urea groups is 1. The van der Waals surface area contributed by atoms with E-state index in [2.05, 4.69) is 5.32 Å². The molecule has 102 valence electrons. The average Bonchev–Trinajstić information content (AvgIpc) is 2.69. The van der Waals surface area contributed by atoms with Crippen molar-refractivity contribution in [2.24, 2.45) is 11.8 Å². The number of hydrogen-bond donors (Lipinski definition) is 1. The molecule has 4 amide bonds. The third-order valence-corrected chi connectivity index (χ3v) is 3.07. The summed E-state index contributed by atoms with van der Waals surface area (Å²) >= 11 is 0. The molecule has 1 unspecified atom stereocenters. The van der Waals surface area contributed by atoms with Gasteiger partial charge in [0.2, 0.25) is 11.8 Å². The standard InChI is InChI=1S/C13H16N2O4/c1-7(2)10-11(16)14-13(18)15(12(10)17)6-9-5-4-8(3)19-9/h4-5,7,10H,6H2,1-3H3,(H,14,16,18). The van der Waals surface area contributed by atoms with Crippen LogP contribution in [-0.2, 0) is 16.1 Å². The summed E-state index contributed by atoms with van der Waals surface area (Å²) in [4.78, 5) is 36.6. The number of carbonyl (C=O) groups excluding carboxylic acids is 3. The third-order valence-electron chi connectivity index (χ3n) is 3.07. The van der Waals surface area contributed by atoms with E-state index in [0.29, 0.717) is 11.5 Å². The van der Waals surface area contributed by atoms with Gasteiger partial charge in [-0.15, -0.1) is 0 Å². The van der Waals surface area contributed by atoms with Crippen LogP contribution in [0.3, 0.4) is 0 Å². The smallest absolute Gasteiger partial charge is 0.331 e. The van der Waals surface area contributed by atoms with E-state index in [1.807, 2.05) is 0 Å². The van der Waals surface area contributed by atoms with Crippen molar-refractivity contribution in [3.63, 3.8) is 0 Å². The molecule has 1 aromatic heterocycles. The van der Waals surface area contributed by atoms with Gasteiger partial charge in [-0.1, -0.05) is 13.8 Å². The van der Waals surface area contributed by atoms with Gasteiger partial charge in [-0.05, 0) is 25.0 Å². The summed E-state index contributed by atoms with van der Waals surface area (Å²) in [6.07, 6.45) is 0. The topological polar surface area (TPSA) is 79.6 Å². The molecule has 1 saturated heterocycles. The Kier molecular flexibility index (Phi) is 3.42. The predicted octanol–water partition coefficient (Wildman–Crippen LogP) is 1.44. The van der Waals surface area contributed by atoms with Crippen LogP contribution in [0, 0.1) is 18.8 Å². The van der Waals surface area contributed by atoms with Crippen LogP contribution < -0.4 is 5.32 Å². The zero-order valence-electron chi connectivity index (χ0n) is 11.1. The molecular formula is C13H16N2O4. The minimum absolute atomic E-state index is 0.0367. The van der Waals surface area contributed by atoms with Gasteiger partial charge in [-0.2, -0.15) is 0 Å². The fraction of sp³-hybridized carbons (Fsp3) is 0.462. The molecule has 1 fully saturated rings. The van der Waals surface area contributed by atoms with Gasteiger partial charge in [0.1, 0.15) is 17.4 Å².